The van der Waals surface area contributed by atoms with Gasteiger partial charge in [-0.25, -0.2) is 0 Å². The third-order valence-corrected chi connectivity index (χ3v) is 3.48. The topological polar surface area (TPSA) is 20.3 Å². The van der Waals surface area contributed by atoms with E-state index in [0.717, 1.165) is 13.0 Å². The highest BCUT2D eigenvalue weighted by Crippen LogP contribution is 2.10. The molecule has 0 saturated carbocycles. The predicted molar refractivity (Wildman–Crippen MR) is 60.8 cm³/mol. The molecule has 0 radical (unpaired) electrons. The minimum Gasteiger partial charge on any atom is -0.298 e. The summed E-state index contributed by atoms with van der Waals surface area (Å²) in [6.45, 7) is 4.55. The zero-order valence-corrected chi connectivity index (χ0v) is 9.80. The fraction of sp³-hybridized carbons (Fsp3) is 0.545. The van der Waals surface area contributed by atoms with E-state index in [0.29, 0.717) is 0 Å². The monoisotopic (exact) mass is 211 g/mol. The quantitative estimate of drug-likeness (QED) is 0.744. The van der Waals surface area contributed by atoms with Crippen LogP contribution in [0.2, 0.25) is 0 Å². The van der Waals surface area contributed by atoms with Crippen molar-refractivity contribution in [3.63, 3.8) is 0 Å². The summed E-state index contributed by atoms with van der Waals surface area (Å²) < 4.78 is 0. The van der Waals surface area contributed by atoms with E-state index in [2.05, 4.69) is 22.4 Å². The van der Waals surface area contributed by atoms with Gasteiger partial charge in [0.25, 0.3) is 0 Å². The molecule has 0 bridgehead atoms. The smallest absolute Gasteiger partial charge is 0.146 e. The van der Waals surface area contributed by atoms with E-state index in [1.54, 1.807) is 18.3 Å². The van der Waals surface area contributed by atoms with E-state index < -0.39 is 0 Å². The van der Waals surface area contributed by atoms with Crippen LogP contribution in [-0.4, -0.2) is 30.3 Å². The van der Waals surface area contributed by atoms with Gasteiger partial charge in [0.1, 0.15) is 5.78 Å². The third kappa shape index (κ3) is 3.24. The molecule has 0 N–H and O–H groups in total. The average molecular weight is 211 g/mol. The van der Waals surface area contributed by atoms with Gasteiger partial charge in [0, 0.05) is 11.4 Å². The maximum atomic E-state index is 11.1. The summed E-state index contributed by atoms with van der Waals surface area (Å²) in [6.07, 6.45) is 1.03. The van der Waals surface area contributed by atoms with Crippen LogP contribution in [0, 0.1) is 0 Å². The van der Waals surface area contributed by atoms with Crippen molar-refractivity contribution in [2.24, 2.45) is 0 Å². The predicted octanol–water partition coefficient (Wildman–Crippen LogP) is 2.20. The summed E-state index contributed by atoms with van der Waals surface area (Å²) >= 11 is 1.77. The second-order valence-electron chi connectivity index (χ2n) is 3.60. The largest absolute Gasteiger partial charge is 0.298 e. The zero-order valence-electron chi connectivity index (χ0n) is 8.99. The first-order valence-electron chi connectivity index (χ1n) is 4.84. The van der Waals surface area contributed by atoms with E-state index >= 15 is 0 Å². The number of carbonyl (C=O) groups excluding carboxylic acids is 1. The van der Waals surface area contributed by atoms with Crippen LogP contribution < -0.4 is 0 Å². The summed E-state index contributed by atoms with van der Waals surface area (Å²) in [5.74, 6) is 0.235. The van der Waals surface area contributed by atoms with E-state index in [1.165, 1.54) is 4.88 Å². The molecule has 0 amide bonds. The Morgan fingerprint density at radius 1 is 1.64 bits per heavy atom. The summed E-state index contributed by atoms with van der Waals surface area (Å²) in [4.78, 5) is 14.6. The van der Waals surface area contributed by atoms with Gasteiger partial charge in [0.05, 0.1) is 6.04 Å². The molecule has 0 aliphatic heterocycles. The first kappa shape index (κ1) is 11.4. The Morgan fingerprint density at radius 2 is 2.36 bits per heavy atom. The Labute approximate surface area is 89.5 Å². The van der Waals surface area contributed by atoms with E-state index in [1.807, 2.05) is 14.0 Å². The van der Waals surface area contributed by atoms with E-state index in [-0.39, 0.29) is 11.8 Å². The Morgan fingerprint density at radius 3 is 2.86 bits per heavy atom. The number of ketones is 1. The standard InChI is InChI=1S/C11H17NOS/c1-9(10(2)13)12(3)7-6-11-5-4-8-14-11/h4-5,8-9H,6-7H2,1-3H3. The van der Waals surface area contributed by atoms with Crippen LogP contribution in [0.25, 0.3) is 0 Å². The molecule has 3 heteroatoms. The number of hydrogen-bond donors (Lipinski definition) is 0. The maximum Gasteiger partial charge on any atom is 0.146 e. The fourth-order valence-electron chi connectivity index (χ4n) is 1.25. The lowest BCUT2D eigenvalue weighted by molar-refractivity contribution is -0.121. The molecule has 0 aliphatic carbocycles. The Hall–Kier alpha value is -0.670. The van der Waals surface area contributed by atoms with Crippen molar-refractivity contribution in [3.05, 3.63) is 22.4 Å². The van der Waals surface area contributed by atoms with Gasteiger partial charge >= 0.3 is 0 Å². The van der Waals surface area contributed by atoms with Crippen molar-refractivity contribution in [2.45, 2.75) is 26.3 Å². The number of rotatable bonds is 5. The van der Waals surface area contributed by atoms with Crippen molar-refractivity contribution in [2.75, 3.05) is 13.6 Å². The molecule has 14 heavy (non-hydrogen) atoms. The van der Waals surface area contributed by atoms with Crippen molar-refractivity contribution in [1.29, 1.82) is 0 Å². The van der Waals surface area contributed by atoms with Crippen LogP contribution >= 0.6 is 11.3 Å². The molecule has 0 spiro atoms. The van der Waals surface area contributed by atoms with Gasteiger partial charge < -0.3 is 0 Å². The van der Waals surface area contributed by atoms with Crippen LogP contribution in [0.5, 0.6) is 0 Å². The Kier molecular flexibility index (Phi) is 4.29. The number of carbonyl (C=O) groups is 1. The van der Waals surface area contributed by atoms with Gasteiger partial charge in [0.15, 0.2) is 0 Å². The van der Waals surface area contributed by atoms with E-state index in [4.69, 9.17) is 0 Å². The second-order valence-corrected chi connectivity index (χ2v) is 4.63. The Bertz CT molecular complexity index is 281. The van der Waals surface area contributed by atoms with Gasteiger partial charge in [-0.2, -0.15) is 0 Å². The SMILES string of the molecule is CC(=O)C(C)N(C)CCc1cccs1. The van der Waals surface area contributed by atoms with Crippen LogP contribution in [0.4, 0.5) is 0 Å². The molecule has 0 saturated heterocycles. The lowest BCUT2D eigenvalue weighted by Gasteiger charge is -2.21. The number of likely N-dealkylation sites (N-methyl/N-ethyl adjacent to an activating group) is 1. The molecule has 0 aromatic carbocycles. The molecule has 2 nitrogen and oxygen atoms in total. The summed E-state index contributed by atoms with van der Waals surface area (Å²) in [7, 11) is 2.00. The third-order valence-electron chi connectivity index (χ3n) is 2.54. The molecule has 0 fully saturated rings. The van der Waals surface area contributed by atoms with Crippen molar-refractivity contribution < 1.29 is 4.79 Å². The molecular formula is C11H17NOS. The van der Waals surface area contributed by atoms with Crippen molar-refractivity contribution in [3.8, 4) is 0 Å². The highest BCUT2D eigenvalue weighted by molar-refractivity contribution is 7.09. The van der Waals surface area contributed by atoms with Crippen molar-refractivity contribution >= 4 is 17.1 Å². The van der Waals surface area contributed by atoms with Crippen LogP contribution in [0.3, 0.4) is 0 Å². The number of nitrogens with zero attached hydrogens (tertiary/aromatic N) is 1. The molecule has 78 valence electrons. The molecule has 1 aromatic heterocycles. The number of Topliss-reactive ketones (excluding diaryl/α,β-unsaturated/α-hetero) is 1. The molecular weight excluding hydrogens is 194 g/mol. The van der Waals surface area contributed by atoms with Gasteiger partial charge in [-0.1, -0.05) is 6.07 Å². The maximum absolute atomic E-state index is 11.1. The minimum atomic E-state index is 0.0370. The van der Waals surface area contributed by atoms with Crippen LogP contribution in [0.1, 0.15) is 18.7 Å². The highest BCUT2D eigenvalue weighted by atomic mass is 32.1. The average Bonchev–Trinajstić information content (AvgIpc) is 2.65. The summed E-state index contributed by atoms with van der Waals surface area (Å²) in [5, 5.41) is 2.09. The molecule has 1 heterocycles. The zero-order chi connectivity index (χ0) is 10.6. The van der Waals surface area contributed by atoms with Gasteiger partial charge in [-0.3, -0.25) is 9.69 Å². The molecule has 1 aromatic rings. The molecule has 1 unspecified atom stereocenters. The molecule has 0 aliphatic rings. The first-order chi connectivity index (χ1) is 6.61. The Balaban J connectivity index is 2.34. The lowest BCUT2D eigenvalue weighted by Crippen LogP contribution is -2.35. The summed E-state index contributed by atoms with van der Waals surface area (Å²) in [6, 6.07) is 4.24. The van der Waals surface area contributed by atoms with Gasteiger partial charge in [-0.15, -0.1) is 11.3 Å². The van der Waals surface area contributed by atoms with Crippen molar-refractivity contribution in [1.82, 2.24) is 4.90 Å². The molecule has 1 atom stereocenters. The van der Waals surface area contributed by atoms with Crippen LogP contribution in [-0.2, 0) is 11.2 Å². The first-order valence-corrected chi connectivity index (χ1v) is 5.72. The van der Waals surface area contributed by atoms with E-state index in [9.17, 15) is 4.79 Å². The second kappa shape index (κ2) is 5.27. The van der Waals surface area contributed by atoms with Crippen LogP contribution in [0.15, 0.2) is 17.5 Å². The minimum absolute atomic E-state index is 0.0370. The lowest BCUT2D eigenvalue weighted by atomic mass is 10.2. The highest BCUT2D eigenvalue weighted by Gasteiger charge is 2.12. The number of hydrogen-bond acceptors (Lipinski definition) is 3. The van der Waals surface area contributed by atoms with Gasteiger partial charge in [0.2, 0.25) is 0 Å². The fourth-order valence-corrected chi connectivity index (χ4v) is 1.94. The van der Waals surface area contributed by atoms with Gasteiger partial charge in [-0.05, 0) is 38.8 Å². The number of thiophene rings is 1. The summed E-state index contributed by atoms with van der Waals surface area (Å²) in [5.41, 5.74) is 0. The molecule has 1 rings (SSSR count). The normalized spacial score (nSPS) is 13.1.